The van der Waals surface area contributed by atoms with Crippen molar-refractivity contribution in [1.29, 1.82) is 0 Å². The van der Waals surface area contributed by atoms with E-state index in [-0.39, 0.29) is 18.4 Å². The molecule has 1 rings (SSSR count). The van der Waals surface area contributed by atoms with Crippen molar-refractivity contribution in [2.75, 3.05) is 13.2 Å². The molecule has 1 aromatic carbocycles. The fourth-order valence-electron chi connectivity index (χ4n) is 1.59. The summed E-state index contributed by atoms with van der Waals surface area (Å²) in [6, 6.07) is 4.63. The number of halogens is 3. The molecule has 0 saturated carbocycles. The van der Waals surface area contributed by atoms with Crippen molar-refractivity contribution < 1.29 is 23.1 Å². The molecule has 0 aliphatic carbocycles. The molecular weight excluding hydrogens is 283 g/mol. The minimum absolute atomic E-state index is 0.0259. The highest BCUT2D eigenvalue weighted by atomic mass is 19.4. The maximum Gasteiger partial charge on any atom is 0.416 e. The molecule has 1 atom stereocenters. The van der Waals surface area contributed by atoms with Gasteiger partial charge in [-0.05, 0) is 36.1 Å². The molecule has 0 saturated heterocycles. The van der Waals surface area contributed by atoms with Crippen LogP contribution in [0.2, 0.25) is 0 Å². The molecule has 1 unspecified atom stereocenters. The van der Waals surface area contributed by atoms with Gasteiger partial charge in [-0.3, -0.25) is 4.79 Å². The molecule has 0 heterocycles. The third-order valence-electron chi connectivity index (χ3n) is 2.95. The monoisotopic (exact) mass is 301 g/mol. The Morgan fingerprint density at radius 2 is 1.90 bits per heavy atom. The highest BCUT2D eigenvalue weighted by molar-refractivity contribution is 5.94. The molecule has 0 aromatic heterocycles. The minimum Gasteiger partial charge on any atom is -0.396 e. The standard InChI is InChI=1S/C15H18F3NO2/c1-10(9-20)8-19-14(21)7-11(2)12-3-5-13(6-4-12)15(16,17)18/h3-7,10,20H,8-9H2,1-2H3,(H,19,21)/b11-7-. The van der Waals surface area contributed by atoms with Crippen LogP contribution < -0.4 is 5.32 Å². The molecule has 0 spiro atoms. The van der Waals surface area contributed by atoms with Gasteiger partial charge in [-0.1, -0.05) is 19.1 Å². The van der Waals surface area contributed by atoms with Gasteiger partial charge in [-0.25, -0.2) is 0 Å². The van der Waals surface area contributed by atoms with E-state index in [4.69, 9.17) is 5.11 Å². The molecule has 1 aromatic rings. The van der Waals surface area contributed by atoms with E-state index in [2.05, 4.69) is 5.32 Å². The number of hydrogen-bond donors (Lipinski definition) is 2. The van der Waals surface area contributed by atoms with E-state index in [1.54, 1.807) is 13.8 Å². The number of nitrogens with one attached hydrogen (secondary N) is 1. The number of amides is 1. The van der Waals surface area contributed by atoms with Gasteiger partial charge in [-0.2, -0.15) is 13.2 Å². The van der Waals surface area contributed by atoms with Gasteiger partial charge in [0.1, 0.15) is 0 Å². The lowest BCUT2D eigenvalue weighted by atomic mass is 10.0. The van der Waals surface area contributed by atoms with Gasteiger partial charge in [0, 0.05) is 19.2 Å². The maximum absolute atomic E-state index is 12.4. The summed E-state index contributed by atoms with van der Waals surface area (Å²) in [5, 5.41) is 11.5. The van der Waals surface area contributed by atoms with Crippen LogP contribution in [0.3, 0.4) is 0 Å². The smallest absolute Gasteiger partial charge is 0.396 e. The summed E-state index contributed by atoms with van der Waals surface area (Å²) in [4.78, 5) is 11.6. The van der Waals surface area contributed by atoms with Crippen LogP contribution in [0.5, 0.6) is 0 Å². The first-order valence-electron chi connectivity index (χ1n) is 6.48. The summed E-state index contributed by atoms with van der Waals surface area (Å²) in [6.07, 6.45) is -3.04. The van der Waals surface area contributed by atoms with Crippen molar-refractivity contribution in [1.82, 2.24) is 5.32 Å². The molecule has 0 aliphatic heterocycles. The lowest BCUT2D eigenvalue weighted by Crippen LogP contribution is -2.28. The summed E-state index contributed by atoms with van der Waals surface area (Å²) in [7, 11) is 0. The first-order chi connectivity index (χ1) is 9.74. The van der Waals surface area contributed by atoms with E-state index in [9.17, 15) is 18.0 Å². The van der Waals surface area contributed by atoms with E-state index in [0.717, 1.165) is 12.1 Å². The van der Waals surface area contributed by atoms with Crippen LogP contribution in [0.1, 0.15) is 25.0 Å². The fourth-order valence-corrected chi connectivity index (χ4v) is 1.59. The van der Waals surface area contributed by atoms with Crippen LogP contribution in [-0.4, -0.2) is 24.2 Å². The Balaban J connectivity index is 2.72. The minimum atomic E-state index is -4.37. The molecule has 2 N–H and O–H groups in total. The zero-order valence-electron chi connectivity index (χ0n) is 11.9. The van der Waals surface area contributed by atoms with Crippen LogP contribution in [-0.2, 0) is 11.0 Å². The number of allylic oxidation sites excluding steroid dienone is 1. The highest BCUT2D eigenvalue weighted by Gasteiger charge is 2.29. The van der Waals surface area contributed by atoms with Crippen LogP contribution in [0.4, 0.5) is 13.2 Å². The number of benzene rings is 1. The first-order valence-corrected chi connectivity index (χ1v) is 6.48. The molecule has 0 fully saturated rings. The topological polar surface area (TPSA) is 49.3 Å². The number of rotatable bonds is 5. The van der Waals surface area contributed by atoms with Crippen molar-refractivity contribution >= 4 is 11.5 Å². The number of aliphatic hydroxyl groups excluding tert-OH is 1. The molecule has 21 heavy (non-hydrogen) atoms. The van der Waals surface area contributed by atoms with E-state index in [1.807, 2.05) is 0 Å². The average molecular weight is 301 g/mol. The Kier molecular flexibility index (Phi) is 5.96. The fraction of sp³-hybridized carbons (Fsp3) is 0.400. The number of alkyl halides is 3. The molecular formula is C15H18F3NO2. The Morgan fingerprint density at radius 3 is 2.38 bits per heavy atom. The second-order valence-electron chi connectivity index (χ2n) is 4.94. The molecule has 6 heteroatoms. The predicted octanol–water partition coefficient (Wildman–Crippen LogP) is 2.85. The van der Waals surface area contributed by atoms with Gasteiger partial charge in [0.15, 0.2) is 0 Å². The Hall–Kier alpha value is -1.82. The van der Waals surface area contributed by atoms with Gasteiger partial charge in [0.05, 0.1) is 5.56 Å². The molecule has 1 amide bonds. The van der Waals surface area contributed by atoms with Gasteiger partial charge in [0.2, 0.25) is 5.91 Å². The second-order valence-corrected chi connectivity index (χ2v) is 4.94. The lowest BCUT2D eigenvalue weighted by molar-refractivity contribution is -0.137. The third-order valence-corrected chi connectivity index (χ3v) is 2.95. The van der Waals surface area contributed by atoms with Crippen LogP contribution in [0.25, 0.3) is 5.57 Å². The number of carbonyl (C=O) groups excluding carboxylic acids is 1. The van der Waals surface area contributed by atoms with Crippen molar-refractivity contribution in [3.63, 3.8) is 0 Å². The predicted molar refractivity (Wildman–Crippen MR) is 74.4 cm³/mol. The van der Waals surface area contributed by atoms with E-state index < -0.39 is 11.7 Å². The lowest BCUT2D eigenvalue weighted by Gasteiger charge is -2.09. The Labute approximate surface area is 121 Å². The maximum atomic E-state index is 12.4. The largest absolute Gasteiger partial charge is 0.416 e. The molecule has 0 bridgehead atoms. The molecule has 116 valence electrons. The van der Waals surface area contributed by atoms with Crippen LogP contribution in [0.15, 0.2) is 30.3 Å². The van der Waals surface area contributed by atoms with E-state index in [1.165, 1.54) is 18.2 Å². The summed E-state index contributed by atoms with van der Waals surface area (Å²) in [5.74, 6) is -0.388. The van der Waals surface area contributed by atoms with Gasteiger partial charge >= 0.3 is 6.18 Å². The van der Waals surface area contributed by atoms with Crippen LogP contribution in [0, 0.1) is 5.92 Å². The van der Waals surface area contributed by atoms with Crippen molar-refractivity contribution in [2.45, 2.75) is 20.0 Å². The van der Waals surface area contributed by atoms with E-state index >= 15 is 0 Å². The Morgan fingerprint density at radius 1 is 1.33 bits per heavy atom. The number of aliphatic hydroxyl groups is 1. The number of carbonyl (C=O) groups is 1. The van der Waals surface area contributed by atoms with E-state index in [0.29, 0.717) is 17.7 Å². The van der Waals surface area contributed by atoms with Gasteiger partial charge in [-0.15, -0.1) is 0 Å². The van der Waals surface area contributed by atoms with Crippen molar-refractivity contribution in [3.8, 4) is 0 Å². The van der Waals surface area contributed by atoms with Crippen molar-refractivity contribution in [3.05, 3.63) is 41.5 Å². The number of hydrogen-bond acceptors (Lipinski definition) is 2. The molecule has 3 nitrogen and oxygen atoms in total. The zero-order valence-corrected chi connectivity index (χ0v) is 11.9. The van der Waals surface area contributed by atoms with Gasteiger partial charge < -0.3 is 10.4 Å². The Bertz CT molecular complexity index is 507. The quantitative estimate of drug-likeness (QED) is 0.822. The van der Waals surface area contributed by atoms with Crippen LogP contribution >= 0.6 is 0 Å². The van der Waals surface area contributed by atoms with Gasteiger partial charge in [0.25, 0.3) is 0 Å². The average Bonchev–Trinajstić information content (AvgIpc) is 2.43. The highest BCUT2D eigenvalue weighted by Crippen LogP contribution is 2.29. The molecule has 0 aliphatic rings. The first kappa shape index (κ1) is 17.2. The normalized spacial score (nSPS) is 13.9. The summed E-state index contributed by atoms with van der Waals surface area (Å²) in [5.41, 5.74) is 0.395. The summed E-state index contributed by atoms with van der Waals surface area (Å²) < 4.78 is 37.3. The second kappa shape index (κ2) is 7.26. The summed E-state index contributed by atoms with van der Waals surface area (Å²) >= 11 is 0. The molecule has 0 radical (unpaired) electrons. The summed E-state index contributed by atoms with van der Waals surface area (Å²) in [6.45, 7) is 3.75. The van der Waals surface area contributed by atoms with Crippen molar-refractivity contribution in [2.24, 2.45) is 5.92 Å². The SMILES string of the molecule is C/C(=C/C(=O)NCC(C)CO)c1ccc(C(F)(F)F)cc1. The third kappa shape index (κ3) is 5.59. The zero-order chi connectivity index (χ0) is 16.0.